The SMILES string of the molecule is CCc1nc(NC(CC)CC)c(OC)nc1-c1ccc(OC(F)(F)F)cc1OC. The van der Waals surface area contributed by atoms with Crippen molar-refractivity contribution >= 4 is 5.82 Å². The maximum Gasteiger partial charge on any atom is 0.573 e. The van der Waals surface area contributed by atoms with Crippen LogP contribution in [0.4, 0.5) is 19.0 Å². The lowest BCUT2D eigenvalue weighted by atomic mass is 10.1. The molecule has 0 bridgehead atoms. The molecule has 2 rings (SSSR count). The van der Waals surface area contributed by atoms with Gasteiger partial charge in [0, 0.05) is 17.7 Å². The fourth-order valence-corrected chi connectivity index (χ4v) is 2.90. The summed E-state index contributed by atoms with van der Waals surface area (Å²) in [5.74, 6) is 0.668. The third-order valence-corrected chi connectivity index (χ3v) is 4.45. The van der Waals surface area contributed by atoms with Crippen LogP contribution in [-0.4, -0.2) is 36.6 Å². The number of nitrogens with one attached hydrogen (secondary N) is 1. The fraction of sp³-hybridized carbons (Fsp3) is 0.500. The van der Waals surface area contributed by atoms with Gasteiger partial charge in [-0.15, -0.1) is 13.2 Å². The van der Waals surface area contributed by atoms with Gasteiger partial charge in [0.05, 0.1) is 25.6 Å². The molecule has 0 aliphatic carbocycles. The second-order valence-electron chi connectivity index (χ2n) is 6.30. The van der Waals surface area contributed by atoms with E-state index in [0.29, 0.717) is 35.1 Å². The maximum atomic E-state index is 12.5. The largest absolute Gasteiger partial charge is 0.573 e. The molecule has 0 atom stereocenters. The topological polar surface area (TPSA) is 65.5 Å². The number of alkyl halides is 3. The predicted molar refractivity (Wildman–Crippen MR) is 105 cm³/mol. The van der Waals surface area contributed by atoms with E-state index in [1.54, 1.807) is 0 Å². The van der Waals surface area contributed by atoms with Crippen molar-refractivity contribution in [2.75, 3.05) is 19.5 Å². The first kappa shape index (κ1) is 22.6. The molecule has 0 unspecified atom stereocenters. The molecule has 1 N–H and O–H groups in total. The van der Waals surface area contributed by atoms with Crippen molar-refractivity contribution in [1.29, 1.82) is 0 Å². The first-order valence-corrected chi connectivity index (χ1v) is 9.41. The van der Waals surface area contributed by atoms with E-state index >= 15 is 0 Å². The minimum atomic E-state index is -4.79. The lowest BCUT2D eigenvalue weighted by molar-refractivity contribution is -0.274. The van der Waals surface area contributed by atoms with Gasteiger partial charge in [0.2, 0.25) is 0 Å². The molecule has 6 nitrogen and oxygen atoms in total. The van der Waals surface area contributed by atoms with Gasteiger partial charge < -0.3 is 19.5 Å². The van der Waals surface area contributed by atoms with Crippen molar-refractivity contribution in [3.63, 3.8) is 0 Å². The maximum absolute atomic E-state index is 12.5. The Morgan fingerprint density at radius 1 is 1.03 bits per heavy atom. The van der Waals surface area contributed by atoms with E-state index in [9.17, 15) is 13.2 Å². The minimum absolute atomic E-state index is 0.193. The second-order valence-corrected chi connectivity index (χ2v) is 6.30. The van der Waals surface area contributed by atoms with Crippen LogP contribution in [0.15, 0.2) is 18.2 Å². The number of aryl methyl sites for hydroxylation is 1. The lowest BCUT2D eigenvalue weighted by Gasteiger charge is -2.20. The molecule has 0 aliphatic heterocycles. The van der Waals surface area contributed by atoms with E-state index < -0.39 is 6.36 Å². The first-order chi connectivity index (χ1) is 13.8. The number of benzene rings is 1. The van der Waals surface area contributed by atoms with E-state index in [0.717, 1.165) is 12.8 Å². The Bertz CT molecular complexity index is 825. The number of hydrogen-bond acceptors (Lipinski definition) is 6. The number of halogens is 3. The van der Waals surface area contributed by atoms with E-state index in [1.807, 2.05) is 6.92 Å². The van der Waals surface area contributed by atoms with Crippen LogP contribution in [0.25, 0.3) is 11.3 Å². The second kappa shape index (κ2) is 9.67. The van der Waals surface area contributed by atoms with Gasteiger partial charge in [0.1, 0.15) is 11.5 Å². The zero-order valence-electron chi connectivity index (χ0n) is 17.2. The lowest BCUT2D eigenvalue weighted by Crippen LogP contribution is -2.19. The highest BCUT2D eigenvalue weighted by atomic mass is 19.4. The van der Waals surface area contributed by atoms with Gasteiger partial charge in [-0.25, -0.2) is 9.97 Å². The molecule has 0 radical (unpaired) electrons. The van der Waals surface area contributed by atoms with Gasteiger partial charge in [-0.05, 0) is 31.4 Å². The molecule has 1 aromatic heterocycles. The Morgan fingerprint density at radius 3 is 2.24 bits per heavy atom. The summed E-state index contributed by atoms with van der Waals surface area (Å²) < 4.78 is 52.2. The summed E-state index contributed by atoms with van der Waals surface area (Å²) in [5.41, 5.74) is 1.65. The van der Waals surface area contributed by atoms with Crippen LogP contribution in [0.3, 0.4) is 0 Å². The van der Waals surface area contributed by atoms with Crippen molar-refractivity contribution in [2.24, 2.45) is 0 Å². The molecular formula is C20H26F3N3O3. The smallest absolute Gasteiger partial charge is 0.496 e. The average molecular weight is 413 g/mol. The number of hydrogen-bond donors (Lipinski definition) is 1. The number of anilines is 1. The van der Waals surface area contributed by atoms with Gasteiger partial charge in [-0.1, -0.05) is 20.8 Å². The number of nitrogens with zero attached hydrogens (tertiary/aromatic N) is 2. The summed E-state index contributed by atoms with van der Waals surface area (Å²) >= 11 is 0. The first-order valence-electron chi connectivity index (χ1n) is 9.41. The molecule has 0 spiro atoms. The van der Waals surface area contributed by atoms with Crippen LogP contribution < -0.4 is 19.5 Å². The zero-order valence-corrected chi connectivity index (χ0v) is 17.2. The summed E-state index contributed by atoms with van der Waals surface area (Å²) in [6.07, 6.45) is -2.39. The standard InChI is InChI=1S/C20H26F3N3O3/c1-6-12(7-2)24-18-19(28-5)26-17(15(8-3)25-18)14-10-9-13(11-16(14)27-4)29-20(21,22)23/h9-12H,6-8H2,1-5H3,(H,24,25). The van der Waals surface area contributed by atoms with Crippen LogP contribution in [0.5, 0.6) is 17.4 Å². The molecule has 160 valence electrons. The Balaban J connectivity index is 2.53. The monoisotopic (exact) mass is 413 g/mol. The van der Waals surface area contributed by atoms with Gasteiger partial charge in [0.25, 0.3) is 5.88 Å². The van der Waals surface area contributed by atoms with Crippen molar-refractivity contribution in [3.05, 3.63) is 23.9 Å². The molecule has 0 fully saturated rings. The third kappa shape index (κ3) is 5.65. The molecule has 9 heteroatoms. The zero-order chi connectivity index (χ0) is 21.6. The number of rotatable bonds is 9. The number of ether oxygens (including phenoxy) is 3. The van der Waals surface area contributed by atoms with Crippen molar-refractivity contribution in [3.8, 4) is 28.6 Å². The Morgan fingerprint density at radius 2 is 1.72 bits per heavy atom. The highest BCUT2D eigenvalue weighted by Gasteiger charge is 2.31. The van der Waals surface area contributed by atoms with Gasteiger partial charge in [-0.3, -0.25) is 0 Å². The molecular weight excluding hydrogens is 387 g/mol. The van der Waals surface area contributed by atoms with Crippen LogP contribution in [0.2, 0.25) is 0 Å². The molecule has 2 aromatic rings. The summed E-state index contributed by atoms with van der Waals surface area (Å²) in [6, 6.07) is 4.08. The van der Waals surface area contributed by atoms with E-state index in [2.05, 4.69) is 33.9 Å². The minimum Gasteiger partial charge on any atom is -0.496 e. The molecule has 0 amide bonds. The number of methoxy groups -OCH3 is 2. The number of aromatic nitrogens is 2. The van der Waals surface area contributed by atoms with Gasteiger partial charge in [0.15, 0.2) is 5.82 Å². The summed E-state index contributed by atoms with van der Waals surface area (Å²) in [7, 11) is 2.87. The summed E-state index contributed by atoms with van der Waals surface area (Å²) in [4.78, 5) is 9.24. The average Bonchev–Trinajstić information content (AvgIpc) is 2.70. The van der Waals surface area contributed by atoms with E-state index in [-0.39, 0.29) is 17.5 Å². The van der Waals surface area contributed by atoms with Crippen LogP contribution >= 0.6 is 0 Å². The quantitative estimate of drug-likeness (QED) is 0.608. The van der Waals surface area contributed by atoms with Gasteiger partial charge in [-0.2, -0.15) is 0 Å². The van der Waals surface area contributed by atoms with Crippen molar-refractivity contribution in [1.82, 2.24) is 9.97 Å². The molecule has 1 aromatic carbocycles. The third-order valence-electron chi connectivity index (χ3n) is 4.45. The molecule has 0 saturated carbocycles. The normalized spacial score (nSPS) is 11.5. The Kier molecular flexibility index (Phi) is 7.53. The molecule has 0 saturated heterocycles. The van der Waals surface area contributed by atoms with Crippen LogP contribution in [0.1, 0.15) is 39.3 Å². The van der Waals surface area contributed by atoms with E-state index in [1.165, 1.54) is 32.4 Å². The highest BCUT2D eigenvalue weighted by Crippen LogP contribution is 2.37. The van der Waals surface area contributed by atoms with Crippen LogP contribution in [0, 0.1) is 0 Å². The van der Waals surface area contributed by atoms with Gasteiger partial charge >= 0.3 is 6.36 Å². The van der Waals surface area contributed by atoms with Crippen LogP contribution in [-0.2, 0) is 6.42 Å². The van der Waals surface area contributed by atoms with Crippen molar-refractivity contribution < 1.29 is 27.4 Å². The molecule has 0 aliphatic rings. The Labute approximate surface area is 168 Å². The molecule has 29 heavy (non-hydrogen) atoms. The van der Waals surface area contributed by atoms with Crippen molar-refractivity contribution in [2.45, 2.75) is 52.4 Å². The highest BCUT2D eigenvalue weighted by molar-refractivity contribution is 5.72. The van der Waals surface area contributed by atoms with E-state index in [4.69, 9.17) is 9.47 Å². The summed E-state index contributed by atoms with van der Waals surface area (Å²) in [6.45, 7) is 6.08. The fourth-order valence-electron chi connectivity index (χ4n) is 2.90. The molecule has 1 heterocycles. The Hall–Kier alpha value is -2.71. The predicted octanol–water partition coefficient (Wildman–Crippen LogP) is 5.22. The summed E-state index contributed by atoms with van der Waals surface area (Å²) in [5, 5.41) is 3.34.